The zero-order valence-electron chi connectivity index (χ0n) is 8.66. The zero-order valence-corrected chi connectivity index (χ0v) is 8.66. The van der Waals surface area contributed by atoms with Gasteiger partial charge in [-0.25, -0.2) is 10.1 Å². The maximum absolute atomic E-state index is 9.86. The van der Waals surface area contributed by atoms with Crippen LogP contribution in [0.2, 0.25) is 0 Å². The average Bonchev–Trinajstić information content (AvgIpc) is 2.19. The third-order valence-corrected chi connectivity index (χ3v) is 1.38. The zero-order chi connectivity index (χ0) is 12.6. The van der Waals surface area contributed by atoms with Crippen molar-refractivity contribution in [1.82, 2.24) is 0 Å². The van der Waals surface area contributed by atoms with Crippen molar-refractivity contribution < 1.29 is 14.9 Å². The monoisotopic (exact) mass is 227 g/mol. The number of nitrogens with zero attached hydrogens (tertiary/aromatic N) is 1. The van der Waals surface area contributed by atoms with Crippen molar-refractivity contribution in [2.75, 3.05) is 5.43 Å². The molecule has 16 heavy (non-hydrogen) atoms. The van der Waals surface area contributed by atoms with Gasteiger partial charge in [0, 0.05) is 0 Å². The minimum absolute atomic E-state index is 0.493. The summed E-state index contributed by atoms with van der Waals surface area (Å²) in [6.45, 7) is 1.42. The minimum Gasteiger partial charge on any atom is -0.480 e. The summed E-state index contributed by atoms with van der Waals surface area (Å²) in [6, 6.07) is 7.78. The number of hydrogen-bond donors (Lipinski definition) is 3. The van der Waals surface area contributed by atoms with Gasteiger partial charge in [0.25, 0.3) is 0 Å². The lowest BCUT2D eigenvalue weighted by molar-refractivity contribution is -0.445. The summed E-state index contributed by atoms with van der Waals surface area (Å²) in [7, 11) is 0. The van der Waals surface area contributed by atoms with Crippen molar-refractivity contribution in [2.24, 2.45) is 5.73 Å². The fourth-order valence-electron chi connectivity index (χ4n) is 0.618. The molecule has 1 aromatic carbocycles. The molecule has 0 fully saturated rings. The Bertz CT molecular complexity index is 340. The quantitative estimate of drug-likeness (QED) is 0.516. The van der Waals surface area contributed by atoms with Gasteiger partial charge in [0.1, 0.15) is 11.7 Å². The average molecular weight is 227 g/mol. The first-order valence-electron chi connectivity index (χ1n) is 4.38. The van der Waals surface area contributed by atoms with Crippen molar-refractivity contribution in [1.29, 1.82) is 0 Å². The first-order valence-corrected chi connectivity index (χ1v) is 4.38. The predicted molar refractivity (Wildman–Crippen MR) is 58.3 cm³/mol. The van der Waals surface area contributed by atoms with Crippen LogP contribution in [-0.2, 0) is 4.79 Å². The highest BCUT2D eigenvalue weighted by atomic mass is 16.7. The molecule has 0 heterocycles. The third kappa shape index (κ3) is 7.27. The van der Waals surface area contributed by atoms with E-state index in [9.17, 15) is 14.9 Å². The number of carboxylic acid groups (broad SMARTS) is 1. The molecule has 0 aromatic heterocycles. The number of hydrogen-bond acceptors (Lipinski definition) is 4. The van der Waals surface area contributed by atoms with Crippen LogP contribution in [-0.4, -0.2) is 22.1 Å². The summed E-state index contributed by atoms with van der Waals surface area (Å²) in [5.74, 6) is -0.963. The van der Waals surface area contributed by atoms with Gasteiger partial charge in [0.05, 0.1) is 0 Å². The summed E-state index contributed by atoms with van der Waals surface area (Å²) in [5, 5.41) is 17.1. The molecular formula is C9H13N3O4. The van der Waals surface area contributed by atoms with Crippen LogP contribution in [0.1, 0.15) is 6.92 Å². The normalized spacial score (nSPS) is 10.6. The topological polar surface area (TPSA) is 118 Å². The van der Waals surface area contributed by atoms with E-state index in [0.29, 0.717) is 5.69 Å². The fraction of sp³-hybridized carbons (Fsp3) is 0.222. The SMILES string of the molecule is CC(N)C(=O)O.O=[N+]([O-])Nc1ccccc1. The lowest BCUT2D eigenvalue weighted by Gasteiger charge is -1.93. The Kier molecular flexibility index (Phi) is 6.22. The first kappa shape index (κ1) is 13.8. The molecule has 1 rings (SSSR count). The number of nitrogens with one attached hydrogen (secondary N) is 1. The highest BCUT2D eigenvalue weighted by molar-refractivity contribution is 5.72. The molecule has 1 unspecified atom stereocenters. The number of nitro groups is 1. The maximum Gasteiger partial charge on any atom is 0.320 e. The van der Waals surface area contributed by atoms with Gasteiger partial charge in [-0.2, -0.15) is 0 Å². The molecule has 0 bridgehead atoms. The van der Waals surface area contributed by atoms with Gasteiger partial charge in [0.2, 0.25) is 0 Å². The molecule has 1 aromatic rings. The van der Waals surface area contributed by atoms with E-state index in [4.69, 9.17) is 10.8 Å². The number of rotatable bonds is 3. The van der Waals surface area contributed by atoms with E-state index in [-0.39, 0.29) is 0 Å². The van der Waals surface area contributed by atoms with E-state index >= 15 is 0 Å². The van der Waals surface area contributed by atoms with Gasteiger partial charge in [-0.3, -0.25) is 4.79 Å². The minimum atomic E-state index is -0.963. The van der Waals surface area contributed by atoms with E-state index in [2.05, 4.69) is 0 Å². The van der Waals surface area contributed by atoms with Gasteiger partial charge in [-0.15, -0.1) is 5.43 Å². The molecular weight excluding hydrogens is 214 g/mol. The van der Waals surface area contributed by atoms with Crippen molar-refractivity contribution in [3.8, 4) is 0 Å². The van der Waals surface area contributed by atoms with Crippen molar-refractivity contribution in [2.45, 2.75) is 13.0 Å². The molecule has 0 amide bonds. The van der Waals surface area contributed by atoms with Crippen molar-refractivity contribution in [3.05, 3.63) is 40.4 Å². The first-order chi connectivity index (χ1) is 7.43. The lowest BCUT2D eigenvalue weighted by Crippen LogP contribution is -2.25. The Labute approximate surface area is 92.0 Å². The number of nitrogens with two attached hydrogens (primary N) is 1. The molecule has 7 nitrogen and oxygen atoms in total. The van der Waals surface area contributed by atoms with Gasteiger partial charge in [-0.05, 0) is 19.1 Å². The van der Waals surface area contributed by atoms with E-state index in [0.717, 1.165) is 0 Å². The maximum atomic E-state index is 9.86. The van der Waals surface area contributed by atoms with Gasteiger partial charge >= 0.3 is 5.97 Å². The number of anilines is 1. The molecule has 1 atom stereocenters. The third-order valence-electron chi connectivity index (χ3n) is 1.38. The molecule has 0 aliphatic rings. The molecule has 0 saturated carbocycles. The fourth-order valence-corrected chi connectivity index (χ4v) is 0.618. The molecule has 0 radical (unpaired) electrons. The van der Waals surface area contributed by atoms with Crippen LogP contribution in [0.3, 0.4) is 0 Å². The molecule has 0 aliphatic heterocycles. The highest BCUT2D eigenvalue weighted by Gasteiger charge is 1.99. The lowest BCUT2D eigenvalue weighted by atomic mass is 10.3. The second kappa shape index (κ2) is 7.18. The van der Waals surface area contributed by atoms with Gasteiger partial charge in [-0.1, -0.05) is 18.2 Å². The molecule has 0 spiro atoms. The number of carboxylic acids is 1. The number of carbonyl (C=O) groups is 1. The van der Waals surface area contributed by atoms with Gasteiger partial charge < -0.3 is 10.8 Å². The Morgan fingerprint density at radius 1 is 1.50 bits per heavy atom. The van der Waals surface area contributed by atoms with E-state index in [1.54, 1.807) is 30.3 Å². The summed E-state index contributed by atoms with van der Waals surface area (Å²) in [6.07, 6.45) is 0. The summed E-state index contributed by atoms with van der Waals surface area (Å²) in [5.41, 5.74) is 7.36. The Hall–Kier alpha value is -2.15. The van der Waals surface area contributed by atoms with Crippen molar-refractivity contribution >= 4 is 11.7 Å². The number of para-hydroxylation sites is 1. The van der Waals surface area contributed by atoms with Gasteiger partial charge in [0.15, 0.2) is 5.03 Å². The number of hydrazine groups is 1. The Morgan fingerprint density at radius 3 is 2.25 bits per heavy atom. The molecule has 7 heteroatoms. The molecule has 4 N–H and O–H groups in total. The van der Waals surface area contributed by atoms with Crippen LogP contribution in [0.25, 0.3) is 0 Å². The summed E-state index contributed by atoms with van der Waals surface area (Å²) in [4.78, 5) is 19.4. The molecule has 0 saturated heterocycles. The van der Waals surface area contributed by atoms with Crippen LogP contribution >= 0.6 is 0 Å². The Morgan fingerprint density at radius 2 is 1.94 bits per heavy atom. The highest BCUT2D eigenvalue weighted by Crippen LogP contribution is 2.03. The van der Waals surface area contributed by atoms with E-state index < -0.39 is 17.0 Å². The number of benzene rings is 1. The summed E-state index contributed by atoms with van der Waals surface area (Å²) >= 11 is 0. The molecule has 88 valence electrons. The second-order valence-electron chi connectivity index (χ2n) is 2.86. The second-order valence-corrected chi connectivity index (χ2v) is 2.86. The number of aliphatic carboxylic acids is 1. The van der Waals surface area contributed by atoms with Crippen LogP contribution < -0.4 is 11.2 Å². The van der Waals surface area contributed by atoms with Crippen molar-refractivity contribution in [3.63, 3.8) is 0 Å². The van der Waals surface area contributed by atoms with E-state index in [1.165, 1.54) is 6.92 Å². The van der Waals surface area contributed by atoms with Crippen LogP contribution in [0.5, 0.6) is 0 Å². The summed E-state index contributed by atoms with van der Waals surface area (Å²) < 4.78 is 0. The Balaban J connectivity index is 0.000000325. The van der Waals surface area contributed by atoms with Crippen LogP contribution in [0, 0.1) is 10.1 Å². The van der Waals surface area contributed by atoms with Crippen LogP contribution in [0.4, 0.5) is 5.69 Å². The standard InChI is InChI=1S/C6H6N2O2.C3H7NO2/c9-8(10)7-6-4-2-1-3-5-6;1-2(4)3(5)6/h1-5,7H;2H,4H2,1H3,(H,5,6). The van der Waals surface area contributed by atoms with Crippen LogP contribution in [0.15, 0.2) is 30.3 Å². The predicted octanol–water partition coefficient (Wildman–Crippen LogP) is 0.708. The largest absolute Gasteiger partial charge is 0.480 e. The smallest absolute Gasteiger partial charge is 0.320 e. The molecule has 0 aliphatic carbocycles. The van der Waals surface area contributed by atoms with E-state index in [1.807, 2.05) is 5.43 Å².